The molecule has 1 amide bonds. The summed E-state index contributed by atoms with van der Waals surface area (Å²) in [6.45, 7) is 5.35. The highest BCUT2D eigenvalue weighted by atomic mass is 16.1. The van der Waals surface area contributed by atoms with Crippen LogP contribution in [0.1, 0.15) is 6.92 Å². The zero-order valence-corrected chi connectivity index (χ0v) is 17.7. The summed E-state index contributed by atoms with van der Waals surface area (Å²) in [5.41, 5.74) is 13.0. The Morgan fingerprint density at radius 3 is 2.62 bits per heavy atom. The summed E-state index contributed by atoms with van der Waals surface area (Å²) in [6, 6.07) is 13.8. The van der Waals surface area contributed by atoms with Gasteiger partial charge < -0.3 is 15.6 Å². The Morgan fingerprint density at radius 2 is 1.88 bits per heavy atom. The lowest BCUT2D eigenvalue weighted by atomic mass is 9.98. The monoisotopic (exact) mass is 423 g/mol. The molecule has 0 radical (unpaired) electrons. The molecule has 0 unspecified atom stereocenters. The largest absolute Gasteiger partial charge is 0.383 e. The van der Waals surface area contributed by atoms with Gasteiger partial charge in [0.15, 0.2) is 0 Å². The number of fused-ring (bicyclic) bond motifs is 2. The normalized spacial score (nSPS) is 11.2. The van der Waals surface area contributed by atoms with E-state index >= 15 is 0 Å². The van der Waals surface area contributed by atoms with E-state index in [4.69, 9.17) is 5.73 Å². The molecule has 0 fully saturated rings. The quantitative estimate of drug-likeness (QED) is 0.373. The maximum absolute atomic E-state index is 11.9. The number of nitrogen functional groups attached to an aromatic ring is 1. The number of rotatable bonds is 4. The van der Waals surface area contributed by atoms with E-state index in [1.54, 1.807) is 13.1 Å². The van der Waals surface area contributed by atoms with Gasteiger partial charge >= 0.3 is 0 Å². The first kappa shape index (κ1) is 19.5. The van der Waals surface area contributed by atoms with E-state index in [0.717, 1.165) is 44.3 Å². The molecular formula is C24H21N7O. The molecule has 4 N–H and O–H groups in total. The third-order valence-corrected chi connectivity index (χ3v) is 5.53. The Balaban J connectivity index is 1.72. The minimum absolute atomic E-state index is 0.209. The highest BCUT2D eigenvalue weighted by molar-refractivity contribution is 6.09. The first-order chi connectivity index (χ1) is 15.4. The number of H-pyrrole nitrogens is 1. The predicted octanol–water partition coefficient (Wildman–Crippen LogP) is 4.28. The summed E-state index contributed by atoms with van der Waals surface area (Å²) in [5.74, 6) is 0.209. The second kappa shape index (κ2) is 7.35. The van der Waals surface area contributed by atoms with Crippen molar-refractivity contribution in [2.24, 2.45) is 7.05 Å². The minimum Gasteiger partial charge on any atom is -0.383 e. The maximum atomic E-state index is 11.9. The van der Waals surface area contributed by atoms with Gasteiger partial charge in [0.05, 0.1) is 22.8 Å². The molecule has 0 atom stereocenters. The fourth-order valence-corrected chi connectivity index (χ4v) is 3.94. The van der Waals surface area contributed by atoms with E-state index < -0.39 is 0 Å². The lowest BCUT2D eigenvalue weighted by Gasteiger charge is -2.11. The number of aryl methyl sites for hydroxylation is 1. The highest BCUT2D eigenvalue weighted by Gasteiger charge is 2.22. The Morgan fingerprint density at radius 1 is 1.12 bits per heavy atom. The van der Waals surface area contributed by atoms with Crippen LogP contribution >= 0.6 is 0 Å². The van der Waals surface area contributed by atoms with Gasteiger partial charge in [0.2, 0.25) is 0 Å². The molecule has 8 heteroatoms. The van der Waals surface area contributed by atoms with E-state index in [1.807, 2.05) is 48.0 Å². The second-order valence-electron chi connectivity index (χ2n) is 7.72. The van der Waals surface area contributed by atoms with Crippen LogP contribution in [0.15, 0.2) is 67.1 Å². The fraction of sp³-hybridized carbons (Fsp3) is 0.0833. The predicted molar refractivity (Wildman–Crippen MR) is 127 cm³/mol. The number of amides is 1. The molecule has 158 valence electrons. The molecule has 0 bridgehead atoms. The van der Waals surface area contributed by atoms with Crippen molar-refractivity contribution in [3.05, 3.63) is 67.1 Å². The summed E-state index contributed by atoms with van der Waals surface area (Å²) >= 11 is 0. The van der Waals surface area contributed by atoms with Crippen molar-refractivity contribution in [1.29, 1.82) is 0 Å². The average molecular weight is 423 g/mol. The summed E-state index contributed by atoms with van der Waals surface area (Å²) in [4.78, 5) is 20.7. The minimum atomic E-state index is -0.209. The van der Waals surface area contributed by atoms with Crippen LogP contribution in [0, 0.1) is 0 Å². The number of carbonyl (C=O) groups is 1. The van der Waals surface area contributed by atoms with Gasteiger partial charge in [0, 0.05) is 29.3 Å². The molecule has 3 aromatic heterocycles. The van der Waals surface area contributed by atoms with E-state index in [0.29, 0.717) is 17.1 Å². The summed E-state index contributed by atoms with van der Waals surface area (Å²) in [7, 11) is 1.96. The van der Waals surface area contributed by atoms with Crippen molar-refractivity contribution in [2.45, 2.75) is 6.92 Å². The number of aromatic amines is 1. The van der Waals surface area contributed by atoms with Gasteiger partial charge in [-0.3, -0.25) is 9.89 Å². The van der Waals surface area contributed by atoms with Gasteiger partial charge in [-0.25, -0.2) is 9.97 Å². The molecule has 0 aliphatic heterocycles. The van der Waals surface area contributed by atoms with Crippen molar-refractivity contribution in [3.63, 3.8) is 0 Å². The van der Waals surface area contributed by atoms with E-state index in [-0.39, 0.29) is 5.91 Å². The van der Waals surface area contributed by atoms with E-state index in [1.165, 1.54) is 6.33 Å². The van der Waals surface area contributed by atoms with Crippen LogP contribution in [0.4, 0.5) is 11.5 Å². The number of hydrogen-bond donors (Lipinski definition) is 3. The van der Waals surface area contributed by atoms with Gasteiger partial charge in [-0.15, -0.1) is 0 Å². The zero-order valence-electron chi connectivity index (χ0n) is 17.7. The van der Waals surface area contributed by atoms with Crippen LogP contribution < -0.4 is 11.1 Å². The molecule has 0 aliphatic rings. The highest BCUT2D eigenvalue weighted by Crippen LogP contribution is 2.42. The first-order valence-electron chi connectivity index (χ1n) is 10.0. The molecule has 2 aromatic carbocycles. The Labute approximate surface area is 183 Å². The third-order valence-electron chi connectivity index (χ3n) is 5.53. The second-order valence-corrected chi connectivity index (χ2v) is 7.72. The maximum Gasteiger partial charge on any atom is 0.250 e. The zero-order chi connectivity index (χ0) is 22.4. The number of anilines is 2. The standard InChI is InChI=1S/C24H21N7O/c1-13(2)24(32)29-17-8-6-14(7-9-17)21-19(15-4-5-16-11-28-30-18(16)10-15)20-22(25)26-12-27-23(20)31(21)3/h4-12H,1H2,2-3H3,(H,28,30)(H,29,32)(H2,25,26,27). The van der Waals surface area contributed by atoms with Crippen LogP contribution in [0.25, 0.3) is 44.3 Å². The van der Waals surface area contributed by atoms with Crippen LogP contribution in [-0.4, -0.2) is 30.6 Å². The van der Waals surface area contributed by atoms with Gasteiger partial charge in [0.25, 0.3) is 5.91 Å². The van der Waals surface area contributed by atoms with Crippen LogP contribution in [0.2, 0.25) is 0 Å². The van der Waals surface area contributed by atoms with Crippen molar-refractivity contribution in [1.82, 2.24) is 24.7 Å². The topological polar surface area (TPSA) is 115 Å². The number of benzene rings is 2. The summed E-state index contributed by atoms with van der Waals surface area (Å²) < 4.78 is 2.02. The Hall–Kier alpha value is -4.46. The summed E-state index contributed by atoms with van der Waals surface area (Å²) in [6.07, 6.45) is 3.26. The van der Waals surface area contributed by atoms with Crippen molar-refractivity contribution in [2.75, 3.05) is 11.1 Å². The molecule has 32 heavy (non-hydrogen) atoms. The summed E-state index contributed by atoms with van der Waals surface area (Å²) in [5, 5.41) is 11.8. The molecule has 0 aliphatic carbocycles. The van der Waals surface area contributed by atoms with Crippen LogP contribution in [0.5, 0.6) is 0 Å². The lowest BCUT2D eigenvalue weighted by molar-refractivity contribution is -0.112. The van der Waals surface area contributed by atoms with Crippen LogP contribution in [-0.2, 0) is 11.8 Å². The van der Waals surface area contributed by atoms with Gasteiger partial charge in [-0.2, -0.15) is 5.10 Å². The van der Waals surface area contributed by atoms with Gasteiger partial charge in [-0.1, -0.05) is 30.8 Å². The molecule has 8 nitrogen and oxygen atoms in total. The van der Waals surface area contributed by atoms with Gasteiger partial charge in [-0.05, 0) is 36.2 Å². The Bertz CT molecular complexity index is 1510. The molecule has 0 saturated carbocycles. The SMILES string of the molecule is C=C(C)C(=O)Nc1ccc(-c2c(-c3ccc4cn[nH]c4c3)c3c(N)ncnc3n2C)cc1. The molecule has 5 rings (SSSR count). The number of aromatic nitrogens is 5. The van der Waals surface area contributed by atoms with Crippen molar-refractivity contribution < 1.29 is 4.79 Å². The number of nitrogens with one attached hydrogen (secondary N) is 2. The van der Waals surface area contributed by atoms with Crippen molar-refractivity contribution >= 4 is 39.3 Å². The third kappa shape index (κ3) is 3.09. The number of carbonyl (C=O) groups excluding carboxylic acids is 1. The molecule has 0 saturated heterocycles. The van der Waals surface area contributed by atoms with Crippen molar-refractivity contribution in [3.8, 4) is 22.4 Å². The lowest BCUT2D eigenvalue weighted by Crippen LogP contribution is -2.11. The molecule has 5 aromatic rings. The van der Waals surface area contributed by atoms with E-state index in [9.17, 15) is 4.79 Å². The first-order valence-corrected chi connectivity index (χ1v) is 10.0. The van der Waals surface area contributed by atoms with Gasteiger partial charge in [0.1, 0.15) is 17.8 Å². The number of nitrogens with zero attached hydrogens (tertiary/aromatic N) is 4. The average Bonchev–Trinajstić information content (AvgIpc) is 3.37. The molecule has 0 spiro atoms. The van der Waals surface area contributed by atoms with E-state index in [2.05, 4.69) is 38.1 Å². The number of hydrogen-bond acceptors (Lipinski definition) is 5. The Kier molecular flexibility index (Phi) is 4.48. The molecular weight excluding hydrogens is 402 g/mol. The number of nitrogens with two attached hydrogens (primary N) is 1. The fourth-order valence-electron chi connectivity index (χ4n) is 3.94. The molecule has 3 heterocycles. The smallest absolute Gasteiger partial charge is 0.250 e. The van der Waals surface area contributed by atoms with Crippen LogP contribution in [0.3, 0.4) is 0 Å².